The van der Waals surface area contributed by atoms with Crippen LogP contribution < -0.4 is 11.2 Å². The van der Waals surface area contributed by atoms with E-state index >= 15 is 0 Å². The molecule has 0 spiro atoms. The molecule has 3 atom stereocenters. The van der Waals surface area contributed by atoms with Gasteiger partial charge in [-0.2, -0.15) is 0 Å². The Morgan fingerprint density at radius 2 is 2.33 bits per heavy atom. The summed E-state index contributed by atoms with van der Waals surface area (Å²) in [6.07, 6.45) is 4.11. The number of hydrogen-bond donors (Lipinski definition) is 3. The van der Waals surface area contributed by atoms with Gasteiger partial charge in [-0.3, -0.25) is 14.3 Å². The summed E-state index contributed by atoms with van der Waals surface area (Å²) in [5.41, 5.74) is -1.31. The van der Waals surface area contributed by atoms with Crippen LogP contribution >= 0.6 is 0 Å². The van der Waals surface area contributed by atoms with Crippen LogP contribution in [0.2, 0.25) is 0 Å². The molecular weight excluding hydrogens is 240 g/mol. The number of nitrogens with one attached hydrogen (secondary N) is 1. The fraction of sp³-hybridized carbons (Fsp3) is 0.455. The first kappa shape index (κ1) is 12.6. The number of hydrogen-bond acceptors (Lipinski definition) is 5. The zero-order valence-corrected chi connectivity index (χ0v) is 9.37. The van der Waals surface area contributed by atoms with Gasteiger partial charge in [0.15, 0.2) is 0 Å². The quantitative estimate of drug-likeness (QED) is 0.536. The van der Waals surface area contributed by atoms with Crippen molar-refractivity contribution in [2.45, 2.75) is 24.9 Å². The molecule has 2 rings (SSSR count). The molecule has 1 aromatic heterocycles. The standard InChI is InChI=1S/C11H12N2O5/c1-2-6-4-13(11(17)12-10(6)16)9-3-7(15)8(5-14)18-9/h1,4,7-9,14-15H,3,5H2,(H,12,16,17)/t7?,8-,9-/m1/s1. The highest BCUT2D eigenvalue weighted by Crippen LogP contribution is 2.27. The zero-order valence-electron chi connectivity index (χ0n) is 9.37. The third-order valence-electron chi connectivity index (χ3n) is 2.82. The number of aliphatic hydroxyl groups is 2. The predicted molar refractivity (Wildman–Crippen MR) is 60.9 cm³/mol. The number of aliphatic hydroxyl groups excluding tert-OH is 2. The first-order valence-corrected chi connectivity index (χ1v) is 5.33. The minimum Gasteiger partial charge on any atom is -0.394 e. The Labute approximate surface area is 102 Å². The Balaban J connectivity index is 2.39. The van der Waals surface area contributed by atoms with Gasteiger partial charge in [0.05, 0.1) is 12.7 Å². The van der Waals surface area contributed by atoms with Gasteiger partial charge in [-0.25, -0.2) is 4.79 Å². The SMILES string of the molecule is C#Cc1cn([C@H]2CC(O)[C@@H](CO)O2)c(=O)[nH]c1=O. The molecule has 1 unspecified atom stereocenters. The molecule has 1 aliphatic heterocycles. The van der Waals surface area contributed by atoms with Crippen LogP contribution in [0.4, 0.5) is 0 Å². The highest BCUT2D eigenvalue weighted by atomic mass is 16.5. The topological polar surface area (TPSA) is 105 Å². The van der Waals surface area contributed by atoms with Crippen LogP contribution in [0.25, 0.3) is 0 Å². The molecule has 7 heteroatoms. The van der Waals surface area contributed by atoms with E-state index in [-0.39, 0.29) is 18.6 Å². The van der Waals surface area contributed by atoms with Crippen molar-refractivity contribution < 1.29 is 14.9 Å². The highest BCUT2D eigenvalue weighted by Gasteiger charge is 2.35. The van der Waals surface area contributed by atoms with E-state index in [9.17, 15) is 14.7 Å². The second kappa shape index (κ2) is 4.78. The summed E-state index contributed by atoms with van der Waals surface area (Å²) < 4.78 is 6.41. The average molecular weight is 252 g/mol. The first-order chi connectivity index (χ1) is 8.56. The van der Waals surface area contributed by atoms with E-state index in [1.807, 2.05) is 0 Å². The monoisotopic (exact) mass is 252 g/mol. The number of ether oxygens (including phenoxy) is 1. The van der Waals surface area contributed by atoms with E-state index in [0.717, 1.165) is 4.57 Å². The van der Waals surface area contributed by atoms with Gasteiger partial charge in [-0.1, -0.05) is 5.92 Å². The minimum absolute atomic E-state index is 0.000128. The van der Waals surface area contributed by atoms with Crippen LogP contribution in [-0.2, 0) is 4.74 Å². The lowest BCUT2D eigenvalue weighted by Gasteiger charge is -2.14. The van der Waals surface area contributed by atoms with Crippen molar-refractivity contribution in [2.24, 2.45) is 0 Å². The van der Waals surface area contributed by atoms with Crippen LogP contribution in [0, 0.1) is 12.3 Å². The van der Waals surface area contributed by atoms with Crippen LogP contribution in [0.15, 0.2) is 15.8 Å². The summed E-state index contributed by atoms with van der Waals surface area (Å²) in [5, 5.41) is 18.5. The molecule has 96 valence electrons. The predicted octanol–water partition coefficient (Wildman–Crippen LogP) is -1.84. The summed E-state index contributed by atoms with van der Waals surface area (Å²) in [5.74, 6) is 2.15. The maximum absolute atomic E-state index is 11.6. The van der Waals surface area contributed by atoms with Crippen LogP contribution in [0.1, 0.15) is 18.2 Å². The van der Waals surface area contributed by atoms with E-state index in [4.69, 9.17) is 16.3 Å². The summed E-state index contributed by atoms with van der Waals surface area (Å²) in [6.45, 7) is -0.349. The lowest BCUT2D eigenvalue weighted by atomic mass is 10.2. The maximum atomic E-state index is 11.6. The van der Waals surface area contributed by atoms with Crippen molar-refractivity contribution in [3.8, 4) is 12.3 Å². The van der Waals surface area contributed by atoms with Gasteiger partial charge in [0.1, 0.15) is 17.9 Å². The smallest absolute Gasteiger partial charge is 0.330 e. The third-order valence-corrected chi connectivity index (χ3v) is 2.82. The lowest BCUT2D eigenvalue weighted by Crippen LogP contribution is -2.33. The molecule has 0 bridgehead atoms. The van der Waals surface area contributed by atoms with Crippen molar-refractivity contribution in [1.82, 2.24) is 9.55 Å². The van der Waals surface area contributed by atoms with Crippen LogP contribution in [0.5, 0.6) is 0 Å². The number of aromatic nitrogens is 2. The number of nitrogens with zero attached hydrogens (tertiary/aromatic N) is 1. The first-order valence-electron chi connectivity index (χ1n) is 5.33. The molecule has 0 saturated carbocycles. The molecule has 18 heavy (non-hydrogen) atoms. The van der Waals surface area contributed by atoms with E-state index in [1.54, 1.807) is 0 Å². The lowest BCUT2D eigenvalue weighted by molar-refractivity contribution is -0.0459. The van der Waals surface area contributed by atoms with Gasteiger partial charge in [0, 0.05) is 12.6 Å². The van der Waals surface area contributed by atoms with Crippen molar-refractivity contribution in [3.05, 3.63) is 32.6 Å². The van der Waals surface area contributed by atoms with Crippen LogP contribution in [0.3, 0.4) is 0 Å². The number of terminal acetylenes is 1. The number of aromatic amines is 1. The molecule has 1 aromatic rings. The molecule has 0 aliphatic carbocycles. The Bertz CT molecular complexity index is 597. The summed E-state index contributed by atoms with van der Waals surface area (Å²) in [4.78, 5) is 25.0. The molecule has 0 aromatic carbocycles. The Morgan fingerprint density at radius 3 is 2.89 bits per heavy atom. The molecule has 1 saturated heterocycles. The Hall–Kier alpha value is -1.88. The largest absolute Gasteiger partial charge is 0.394 e. The molecule has 0 amide bonds. The second-order valence-electron chi connectivity index (χ2n) is 3.97. The van der Waals surface area contributed by atoms with Crippen molar-refractivity contribution in [1.29, 1.82) is 0 Å². The molecule has 1 aliphatic rings. The zero-order chi connectivity index (χ0) is 13.3. The number of rotatable bonds is 2. The fourth-order valence-corrected chi connectivity index (χ4v) is 1.85. The van der Waals surface area contributed by atoms with E-state index in [0.29, 0.717) is 0 Å². The van der Waals surface area contributed by atoms with Crippen molar-refractivity contribution >= 4 is 0 Å². The van der Waals surface area contributed by atoms with Crippen LogP contribution in [-0.4, -0.2) is 38.6 Å². The van der Waals surface area contributed by atoms with E-state index < -0.39 is 29.7 Å². The molecule has 1 fully saturated rings. The molecule has 0 radical (unpaired) electrons. The maximum Gasteiger partial charge on any atom is 0.330 e. The summed E-state index contributed by atoms with van der Waals surface area (Å²) in [6, 6.07) is 0. The summed E-state index contributed by atoms with van der Waals surface area (Å²) >= 11 is 0. The fourth-order valence-electron chi connectivity index (χ4n) is 1.85. The van der Waals surface area contributed by atoms with E-state index in [1.165, 1.54) is 6.20 Å². The molecule has 3 N–H and O–H groups in total. The Kier molecular flexibility index (Phi) is 3.34. The highest BCUT2D eigenvalue weighted by molar-refractivity contribution is 5.26. The van der Waals surface area contributed by atoms with Gasteiger partial charge in [0.25, 0.3) is 5.56 Å². The normalized spacial score (nSPS) is 27.1. The van der Waals surface area contributed by atoms with Crippen molar-refractivity contribution in [3.63, 3.8) is 0 Å². The minimum atomic E-state index is -0.867. The van der Waals surface area contributed by atoms with Gasteiger partial charge in [0.2, 0.25) is 0 Å². The van der Waals surface area contributed by atoms with E-state index in [2.05, 4.69) is 10.9 Å². The van der Waals surface area contributed by atoms with Gasteiger partial charge in [-0.05, 0) is 0 Å². The van der Waals surface area contributed by atoms with Crippen molar-refractivity contribution in [2.75, 3.05) is 6.61 Å². The number of H-pyrrole nitrogens is 1. The summed E-state index contributed by atoms with van der Waals surface area (Å²) in [7, 11) is 0. The van der Waals surface area contributed by atoms with Gasteiger partial charge >= 0.3 is 5.69 Å². The third kappa shape index (κ3) is 2.09. The average Bonchev–Trinajstić information content (AvgIpc) is 2.70. The second-order valence-corrected chi connectivity index (χ2v) is 3.97. The van der Waals surface area contributed by atoms with Gasteiger partial charge in [-0.15, -0.1) is 6.42 Å². The Morgan fingerprint density at radius 1 is 1.61 bits per heavy atom. The molecular formula is C11H12N2O5. The molecule has 2 heterocycles. The molecule has 7 nitrogen and oxygen atoms in total. The van der Waals surface area contributed by atoms with Gasteiger partial charge < -0.3 is 14.9 Å².